The molecule has 1 fully saturated rings. The molecule has 2 aliphatic rings. The molecule has 0 aromatic carbocycles. The molecule has 5 rings (SSSR count). The zero-order valence-electron chi connectivity index (χ0n) is 15.4. The molecule has 3 aromatic rings. The SMILES string of the molecule is Cc1cccc(N2Cc3nn(-c4ccc(N5CC[C@H](F)C5)nc4)cc3C2=O)n1. The van der Waals surface area contributed by atoms with E-state index in [2.05, 4.69) is 15.1 Å². The summed E-state index contributed by atoms with van der Waals surface area (Å²) in [6.45, 7) is 3.37. The lowest BCUT2D eigenvalue weighted by Crippen LogP contribution is -2.25. The Bertz CT molecular complexity index is 1050. The summed E-state index contributed by atoms with van der Waals surface area (Å²) in [4.78, 5) is 25.2. The van der Waals surface area contributed by atoms with Gasteiger partial charge in [0.05, 0.1) is 36.2 Å². The number of hydrogen-bond donors (Lipinski definition) is 0. The van der Waals surface area contributed by atoms with Gasteiger partial charge in [0.15, 0.2) is 0 Å². The summed E-state index contributed by atoms with van der Waals surface area (Å²) >= 11 is 0. The second kappa shape index (κ2) is 6.40. The van der Waals surface area contributed by atoms with E-state index in [0.717, 1.165) is 22.9 Å². The number of amides is 1. The summed E-state index contributed by atoms with van der Waals surface area (Å²) in [6, 6.07) is 9.37. The number of carbonyl (C=O) groups excluding carboxylic acids is 1. The highest BCUT2D eigenvalue weighted by atomic mass is 19.1. The van der Waals surface area contributed by atoms with Gasteiger partial charge in [0.1, 0.15) is 17.8 Å². The van der Waals surface area contributed by atoms with Crippen LogP contribution < -0.4 is 9.80 Å². The smallest absolute Gasteiger partial charge is 0.263 e. The lowest BCUT2D eigenvalue weighted by atomic mass is 10.3. The normalized spacial score (nSPS) is 18.8. The third-order valence-electron chi connectivity index (χ3n) is 5.18. The second-order valence-electron chi connectivity index (χ2n) is 7.17. The third-order valence-corrected chi connectivity index (χ3v) is 5.18. The first kappa shape index (κ1) is 16.9. The molecule has 1 atom stereocenters. The molecule has 1 amide bonds. The largest absolute Gasteiger partial charge is 0.354 e. The van der Waals surface area contributed by atoms with Gasteiger partial charge in [-0.2, -0.15) is 5.10 Å². The highest BCUT2D eigenvalue weighted by Crippen LogP contribution is 2.27. The number of anilines is 2. The Morgan fingerprint density at radius 1 is 1.18 bits per heavy atom. The number of carbonyl (C=O) groups is 1. The molecule has 0 bridgehead atoms. The molecular weight excluding hydrogens is 359 g/mol. The lowest BCUT2D eigenvalue weighted by Gasteiger charge is -2.16. The van der Waals surface area contributed by atoms with Crippen molar-refractivity contribution in [2.24, 2.45) is 0 Å². The van der Waals surface area contributed by atoms with Crippen molar-refractivity contribution in [2.75, 3.05) is 22.9 Å². The van der Waals surface area contributed by atoms with Crippen molar-refractivity contribution in [1.29, 1.82) is 0 Å². The molecule has 142 valence electrons. The maximum absolute atomic E-state index is 13.4. The van der Waals surface area contributed by atoms with Crippen LogP contribution in [0, 0.1) is 6.92 Å². The Labute approximate surface area is 161 Å². The summed E-state index contributed by atoms with van der Waals surface area (Å²) in [7, 11) is 0. The number of rotatable bonds is 3. The van der Waals surface area contributed by atoms with Crippen LogP contribution in [0.3, 0.4) is 0 Å². The van der Waals surface area contributed by atoms with Crippen LogP contribution in [-0.2, 0) is 6.54 Å². The number of aryl methyl sites for hydroxylation is 1. The molecule has 8 heteroatoms. The summed E-state index contributed by atoms with van der Waals surface area (Å²) in [5, 5.41) is 4.56. The van der Waals surface area contributed by atoms with E-state index in [1.807, 2.05) is 42.2 Å². The molecule has 0 radical (unpaired) electrons. The number of aromatic nitrogens is 4. The summed E-state index contributed by atoms with van der Waals surface area (Å²) in [5.41, 5.74) is 2.93. The van der Waals surface area contributed by atoms with E-state index in [9.17, 15) is 9.18 Å². The fourth-order valence-electron chi connectivity index (χ4n) is 3.69. The number of fused-ring (bicyclic) bond motifs is 1. The van der Waals surface area contributed by atoms with Gasteiger partial charge < -0.3 is 4.90 Å². The molecule has 0 saturated carbocycles. The Morgan fingerprint density at radius 3 is 2.75 bits per heavy atom. The predicted molar refractivity (Wildman–Crippen MR) is 103 cm³/mol. The first-order valence-electron chi connectivity index (χ1n) is 9.28. The minimum absolute atomic E-state index is 0.102. The highest BCUT2D eigenvalue weighted by molar-refractivity contribution is 6.09. The Morgan fingerprint density at radius 2 is 2.07 bits per heavy atom. The minimum Gasteiger partial charge on any atom is -0.354 e. The maximum atomic E-state index is 13.4. The van der Waals surface area contributed by atoms with Crippen LogP contribution in [0.2, 0.25) is 0 Å². The molecule has 2 aliphatic heterocycles. The van der Waals surface area contributed by atoms with Gasteiger partial charge in [-0.05, 0) is 37.6 Å². The van der Waals surface area contributed by atoms with Crippen LogP contribution in [0.5, 0.6) is 0 Å². The summed E-state index contributed by atoms with van der Waals surface area (Å²) in [5.74, 6) is 1.30. The van der Waals surface area contributed by atoms with E-state index >= 15 is 0 Å². The second-order valence-corrected chi connectivity index (χ2v) is 7.17. The molecule has 28 heavy (non-hydrogen) atoms. The Kier molecular flexibility index (Phi) is 3.85. The van der Waals surface area contributed by atoms with E-state index in [4.69, 9.17) is 0 Å². The number of nitrogens with zero attached hydrogens (tertiary/aromatic N) is 6. The number of halogens is 1. The summed E-state index contributed by atoms with van der Waals surface area (Å²) < 4.78 is 15.1. The average Bonchev–Trinajstić information content (AvgIpc) is 3.38. The van der Waals surface area contributed by atoms with E-state index in [1.165, 1.54) is 0 Å². The first-order valence-corrected chi connectivity index (χ1v) is 9.28. The van der Waals surface area contributed by atoms with Crippen LogP contribution in [-0.4, -0.2) is 44.9 Å². The maximum Gasteiger partial charge on any atom is 0.263 e. The predicted octanol–water partition coefficient (Wildman–Crippen LogP) is 2.68. The Hall–Kier alpha value is -3.29. The van der Waals surface area contributed by atoms with Crippen molar-refractivity contribution in [1.82, 2.24) is 19.7 Å². The van der Waals surface area contributed by atoms with Gasteiger partial charge in [-0.3, -0.25) is 9.69 Å². The van der Waals surface area contributed by atoms with Gasteiger partial charge in [0.25, 0.3) is 5.91 Å². The third kappa shape index (κ3) is 2.81. The van der Waals surface area contributed by atoms with Gasteiger partial charge in [-0.15, -0.1) is 0 Å². The van der Waals surface area contributed by atoms with E-state index in [-0.39, 0.29) is 5.91 Å². The molecule has 0 aliphatic carbocycles. The van der Waals surface area contributed by atoms with Crippen molar-refractivity contribution in [3.05, 3.63) is 59.7 Å². The van der Waals surface area contributed by atoms with Crippen molar-refractivity contribution in [3.63, 3.8) is 0 Å². The standard InChI is InChI=1S/C20H19FN6O/c1-13-3-2-4-19(23-13)26-12-17-16(20(26)28)11-27(24-17)15-5-6-18(22-9-15)25-8-7-14(21)10-25/h2-6,9,11,14H,7-8,10,12H2,1H3/t14-/m0/s1. The molecule has 0 unspecified atom stereocenters. The molecule has 7 nitrogen and oxygen atoms in total. The van der Waals surface area contributed by atoms with Crippen molar-refractivity contribution < 1.29 is 9.18 Å². The molecule has 0 spiro atoms. The van der Waals surface area contributed by atoms with Crippen molar-refractivity contribution >= 4 is 17.5 Å². The zero-order chi connectivity index (χ0) is 19.3. The Balaban J connectivity index is 1.37. The fourth-order valence-corrected chi connectivity index (χ4v) is 3.69. The molecule has 1 saturated heterocycles. The number of alkyl halides is 1. The van der Waals surface area contributed by atoms with E-state index in [0.29, 0.717) is 37.4 Å². The molecule has 5 heterocycles. The van der Waals surface area contributed by atoms with Gasteiger partial charge in [0, 0.05) is 18.4 Å². The highest BCUT2D eigenvalue weighted by Gasteiger charge is 2.32. The molecular formula is C20H19FN6O. The molecule has 0 N–H and O–H groups in total. The average molecular weight is 378 g/mol. The van der Waals surface area contributed by atoms with Gasteiger partial charge >= 0.3 is 0 Å². The monoisotopic (exact) mass is 378 g/mol. The van der Waals surface area contributed by atoms with E-state index < -0.39 is 6.17 Å². The van der Waals surface area contributed by atoms with Gasteiger partial charge in [-0.1, -0.05) is 6.07 Å². The topological polar surface area (TPSA) is 67.2 Å². The van der Waals surface area contributed by atoms with Crippen LogP contribution in [0.1, 0.15) is 28.2 Å². The fraction of sp³-hybridized carbons (Fsp3) is 0.300. The summed E-state index contributed by atoms with van der Waals surface area (Å²) in [6.07, 6.45) is 3.20. The van der Waals surface area contributed by atoms with Crippen molar-refractivity contribution in [3.8, 4) is 5.69 Å². The van der Waals surface area contributed by atoms with Crippen LogP contribution >= 0.6 is 0 Å². The van der Waals surface area contributed by atoms with E-state index in [1.54, 1.807) is 22.0 Å². The van der Waals surface area contributed by atoms with Crippen LogP contribution in [0.4, 0.5) is 16.0 Å². The lowest BCUT2D eigenvalue weighted by molar-refractivity contribution is 0.0995. The zero-order valence-corrected chi connectivity index (χ0v) is 15.4. The van der Waals surface area contributed by atoms with Gasteiger partial charge in [0.2, 0.25) is 0 Å². The number of pyridine rings is 2. The first-order chi connectivity index (χ1) is 13.6. The minimum atomic E-state index is -0.785. The number of hydrogen-bond acceptors (Lipinski definition) is 5. The van der Waals surface area contributed by atoms with Crippen molar-refractivity contribution in [2.45, 2.75) is 26.1 Å². The quantitative estimate of drug-likeness (QED) is 0.701. The van der Waals surface area contributed by atoms with Crippen LogP contribution in [0.15, 0.2) is 42.7 Å². The van der Waals surface area contributed by atoms with Crippen LogP contribution in [0.25, 0.3) is 5.69 Å². The van der Waals surface area contributed by atoms with Gasteiger partial charge in [-0.25, -0.2) is 19.0 Å². The molecule has 3 aromatic heterocycles.